The molecule has 1 heterocycles. The topological polar surface area (TPSA) is 101 Å². The summed E-state index contributed by atoms with van der Waals surface area (Å²) in [6.45, 7) is 5.28. The number of aromatic nitrogens is 2. The van der Waals surface area contributed by atoms with E-state index in [1.807, 2.05) is 20.8 Å². The minimum Gasteiger partial charge on any atom is -0.482 e. The molecular weight excluding hydrogens is 358 g/mol. The molecule has 0 radical (unpaired) electrons. The van der Waals surface area contributed by atoms with Gasteiger partial charge in [-0.05, 0) is 24.6 Å². The van der Waals surface area contributed by atoms with E-state index in [9.17, 15) is 9.59 Å². The maximum absolute atomic E-state index is 12.5. The molecule has 0 aliphatic heterocycles. The van der Waals surface area contributed by atoms with Crippen LogP contribution in [-0.4, -0.2) is 33.6 Å². The SMILES string of the molecule is CC(C)c1ncc(Cl)c(C(=O)NC(C)c2ccc(OCC(=O)O)cc2)n1. The quantitative estimate of drug-likeness (QED) is 0.768. The Morgan fingerprint density at radius 1 is 1.23 bits per heavy atom. The first-order valence-corrected chi connectivity index (χ1v) is 8.43. The van der Waals surface area contributed by atoms with Crippen LogP contribution < -0.4 is 10.1 Å². The second-order valence-electron chi connectivity index (χ2n) is 6.03. The van der Waals surface area contributed by atoms with Crippen molar-refractivity contribution in [3.63, 3.8) is 0 Å². The van der Waals surface area contributed by atoms with E-state index in [-0.39, 0.29) is 22.7 Å². The van der Waals surface area contributed by atoms with Crippen LogP contribution in [0.15, 0.2) is 30.5 Å². The lowest BCUT2D eigenvalue weighted by Gasteiger charge is -2.15. The Labute approximate surface area is 156 Å². The van der Waals surface area contributed by atoms with Gasteiger partial charge in [-0.2, -0.15) is 0 Å². The molecular formula is C18H20ClN3O4. The Balaban J connectivity index is 2.07. The second kappa shape index (κ2) is 8.62. The van der Waals surface area contributed by atoms with Gasteiger partial charge in [0.15, 0.2) is 6.61 Å². The van der Waals surface area contributed by atoms with Gasteiger partial charge < -0.3 is 15.2 Å². The minimum atomic E-state index is -1.04. The molecule has 0 saturated carbocycles. The molecule has 138 valence electrons. The van der Waals surface area contributed by atoms with Crippen LogP contribution in [0, 0.1) is 0 Å². The molecule has 0 aliphatic carbocycles. The molecule has 8 heteroatoms. The van der Waals surface area contributed by atoms with Crippen molar-refractivity contribution in [2.45, 2.75) is 32.7 Å². The summed E-state index contributed by atoms with van der Waals surface area (Å²) >= 11 is 6.06. The van der Waals surface area contributed by atoms with E-state index in [2.05, 4.69) is 15.3 Å². The Kier molecular flexibility index (Phi) is 6.52. The summed E-state index contributed by atoms with van der Waals surface area (Å²) in [4.78, 5) is 31.4. The van der Waals surface area contributed by atoms with E-state index in [0.717, 1.165) is 5.56 Å². The van der Waals surface area contributed by atoms with Gasteiger partial charge in [0.05, 0.1) is 17.3 Å². The highest BCUT2D eigenvalue weighted by Crippen LogP contribution is 2.20. The third kappa shape index (κ3) is 5.16. The number of benzene rings is 1. The molecule has 1 unspecified atom stereocenters. The first kappa shape index (κ1) is 19.7. The number of hydrogen-bond acceptors (Lipinski definition) is 5. The van der Waals surface area contributed by atoms with Crippen molar-refractivity contribution < 1.29 is 19.4 Å². The molecule has 1 amide bonds. The van der Waals surface area contributed by atoms with Crippen molar-refractivity contribution in [1.29, 1.82) is 0 Å². The summed E-state index contributed by atoms with van der Waals surface area (Å²) in [6, 6.07) is 6.50. The molecule has 2 N–H and O–H groups in total. The molecule has 0 fully saturated rings. The number of carbonyl (C=O) groups excluding carboxylic acids is 1. The fourth-order valence-electron chi connectivity index (χ4n) is 2.16. The lowest BCUT2D eigenvalue weighted by Crippen LogP contribution is -2.28. The molecule has 0 saturated heterocycles. The number of hydrogen-bond donors (Lipinski definition) is 2. The van der Waals surface area contributed by atoms with Gasteiger partial charge in [0.1, 0.15) is 17.3 Å². The maximum atomic E-state index is 12.5. The van der Waals surface area contributed by atoms with E-state index in [1.54, 1.807) is 24.3 Å². The molecule has 7 nitrogen and oxygen atoms in total. The molecule has 1 aromatic heterocycles. The highest BCUT2D eigenvalue weighted by atomic mass is 35.5. The lowest BCUT2D eigenvalue weighted by atomic mass is 10.1. The number of rotatable bonds is 7. The molecule has 1 atom stereocenters. The average Bonchev–Trinajstić information content (AvgIpc) is 2.60. The predicted molar refractivity (Wildman–Crippen MR) is 96.6 cm³/mol. The van der Waals surface area contributed by atoms with Crippen molar-refractivity contribution in [2.75, 3.05) is 6.61 Å². The molecule has 0 bridgehead atoms. The van der Waals surface area contributed by atoms with Crippen LogP contribution in [0.4, 0.5) is 0 Å². The van der Waals surface area contributed by atoms with Crippen molar-refractivity contribution >= 4 is 23.5 Å². The minimum absolute atomic E-state index is 0.0783. The van der Waals surface area contributed by atoms with Crippen LogP contribution >= 0.6 is 11.6 Å². The highest BCUT2D eigenvalue weighted by molar-refractivity contribution is 6.33. The Hall–Kier alpha value is -2.67. The average molecular weight is 378 g/mol. The van der Waals surface area contributed by atoms with Gasteiger partial charge in [-0.15, -0.1) is 0 Å². The molecule has 2 aromatic rings. The van der Waals surface area contributed by atoms with Crippen molar-refractivity contribution in [3.8, 4) is 5.75 Å². The number of carboxylic acid groups (broad SMARTS) is 1. The van der Waals surface area contributed by atoms with Crippen LogP contribution in [0.5, 0.6) is 5.75 Å². The number of ether oxygens (including phenoxy) is 1. The van der Waals surface area contributed by atoms with Crippen molar-refractivity contribution in [2.24, 2.45) is 0 Å². The molecule has 26 heavy (non-hydrogen) atoms. The Morgan fingerprint density at radius 2 is 1.88 bits per heavy atom. The fourth-order valence-corrected chi connectivity index (χ4v) is 2.34. The van der Waals surface area contributed by atoms with E-state index in [4.69, 9.17) is 21.4 Å². The van der Waals surface area contributed by atoms with Gasteiger partial charge in [-0.1, -0.05) is 37.6 Å². The van der Waals surface area contributed by atoms with Crippen LogP contribution in [-0.2, 0) is 4.79 Å². The zero-order valence-corrected chi connectivity index (χ0v) is 15.4. The van der Waals surface area contributed by atoms with E-state index >= 15 is 0 Å². The van der Waals surface area contributed by atoms with Crippen LogP contribution in [0.2, 0.25) is 5.02 Å². The van der Waals surface area contributed by atoms with Gasteiger partial charge in [-0.3, -0.25) is 4.79 Å². The summed E-state index contributed by atoms with van der Waals surface area (Å²) in [7, 11) is 0. The summed E-state index contributed by atoms with van der Waals surface area (Å²) in [5, 5.41) is 11.6. The number of nitrogens with zero attached hydrogens (tertiary/aromatic N) is 2. The number of amides is 1. The normalized spacial score (nSPS) is 11.9. The Bertz CT molecular complexity index is 794. The molecule has 0 spiro atoms. The smallest absolute Gasteiger partial charge is 0.341 e. The number of carboxylic acids is 1. The standard InChI is InChI=1S/C18H20ClN3O4/c1-10(2)17-20-8-14(19)16(22-17)18(25)21-11(3)12-4-6-13(7-5-12)26-9-15(23)24/h4-8,10-11H,9H2,1-3H3,(H,21,25)(H,23,24). The zero-order valence-electron chi connectivity index (χ0n) is 14.7. The van der Waals surface area contributed by atoms with Crippen LogP contribution in [0.1, 0.15) is 54.6 Å². The van der Waals surface area contributed by atoms with Crippen molar-refractivity contribution in [3.05, 3.63) is 52.6 Å². The van der Waals surface area contributed by atoms with E-state index in [1.165, 1.54) is 6.20 Å². The molecule has 2 rings (SSSR count). The Morgan fingerprint density at radius 3 is 2.46 bits per heavy atom. The highest BCUT2D eigenvalue weighted by Gasteiger charge is 2.18. The van der Waals surface area contributed by atoms with Crippen LogP contribution in [0.25, 0.3) is 0 Å². The third-order valence-electron chi connectivity index (χ3n) is 3.58. The van der Waals surface area contributed by atoms with E-state index < -0.39 is 18.5 Å². The van der Waals surface area contributed by atoms with Gasteiger partial charge in [0, 0.05) is 5.92 Å². The monoisotopic (exact) mass is 377 g/mol. The van der Waals surface area contributed by atoms with Crippen molar-refractivity contribution in [1.82, 2.24) is 15.3 Å². The van der Waals surface area contributed by atoms with E-state index in [0.29, 0.717) is 11.6 Å². The lowest BCUT2D eigenvalue weighted by molar-refractivity contribution is -0.139. The largest absolute Gasteiger partial charge is 0.482 e. The number of carbonyl (C=O) groups is 2. The first-order valence-electron chi connectivity index (χ1n) is 8.05. The zero-order chi connectivity index (χ0) is 19.3. The van der Waals surface area contributed by atoms with Gasteiger partial charge in [-0.25, -0.2) is 14.8 Å². The first-order chi connectivity index (χ1) is 12.3. The third-order valence-corrected chi connectivity index (χ3v) is 3.86. The van der Waals surface area contributed by atoms with Gasteiger partial charge in [0.2, 0.25) is 0 Å². The second-order valence-corrected chi connectivity index (χ2v) is 6.43. The molecule has 1 aromatic carbocycles. The predicted octanol–water partition coefficient (Wildman–Crippen LogP) is 3.21. The van der Waals surface area contributed by atoms with Gasteiger partial charge >= 0.3 is 5.97 Å². The fraction of sp³-hybridized carbons (Fsp3) is 0.333. The van der Waals surface area contributed by atoms with Crippen LogP contribution in [0.3, 0.4) is 0 Å². The summed E-state index contributed by atoms with van der Waals surface area (Å²) in [6.07, 6.45) is 1.43. The van der Waals surface area contributed by atoms with Gasteiger partial charge in [0.25, 0.3) is 5.91 Å². The number of halogens is 1. The molecule has 0 aliphatic rings. The number of aliphatic carboxylic acids is 1. The number of nitrogens with one attached hydrogen (secondary N) is 1. The summed E-state index contributed by atoms with van der Waals surface area (Å²) in [5.74, 6) is -0.368. The summed E-state index contributed by atoms with van der Waals surface area (Å²) in [5.41, 5.74) is 0.967. The maximum Gasteiger partial charge on any atom is 0.341 e. The summed E-state index contributed by atoms with van der Waals surface area (Å²) < 4.78 is 5.08.